The highest BCUT2D eigenvalue weighted by atomic mass is 16.2. The van der Waals surface area contributed by atoms with E-state index >= 15 is 0 Å². The summed E-state index contributed by atoms with van der Waals surface area (Å²) < 4.78 is 0. The number of anilines is 1. The molecule has 0 saturated carbocycles. The van der Waals surface area contributed by atoms with E-state index in [-0.39, 0.29) is 17.7 Å². The Morgan fingerprint density at radius 3 is 2.32 bits per heavy atom. The Balaban J connectivity index is 2.11. The highest BCUT2D eigenvalue weighted by Gasteiger charge is 2.25. The summed E-state index contributed by atoms with van der Waals surface area (Å²) in [7, 11) is 0. The van der Waals surface area contributed by atoms with Gasteiger partial charge < -0.3 is 11.1 Å². The maximum Gasteiger partial charge on any atom is 0.238 e. The topological polar surface area (TPSA) is 75.4 Å². The molecule has 3 N–H and O–H groups in total. The maximum atomic E-state index is 12.6. The van der Waals surface area contributed by atoms with Crippen LogP contribution in [0.15, 0.2) is 18.2 Å². The maximum absolute atomic E-state index is 12.6. The number of carbonyl (C=O) groups excluding carboxylic acids is 2. The zero-order chi connectivity index (χ0) is 18.6. The van der Waals surface area contributed by atoms with Crippen LogP contribution < -0.4 is 11.1 Å². The summed E-state index contributed by atoms with van der Waals surface area (Å²) in [4.78, 5) is 26.1. The second-order valence-electron chi connectivity index (χ2n) is 7.65. The van der Waals surface area contributed by atoms with Crippen molar-refractivity contribution in [3.63, 3.8) is 0 Å². The third kappa shape index (κ3) is 5.05. The molecule has 1 heterocycles. The van der Waals surface area contributed by atoms with Gasteiger partial charge in [0, 0.05) is 12.2 Å². The number of rotatable bonds is 6. The van der Waals surface area contributed by atoms with Crippen molar-refractivity contribution in [2.24, 2.45) is 11.7 Å². The smallest absolute Gasteiger partial charge is 0.238 e. The summed E-state index contributed by atoms with van der Waals surface area (Å²) in [6.07, 6.45) is 1.72. The molecule has 2 rings (SSSR count). The number of nitrogens with zero attached hydrogens (tertiary/aromatic N) is 1. The molecule has 1 aliphatic rings. The minimum absolute atomic E-state index is 0.0277. The van der Waals surface area contributed by atoms with Gasteiger partial charge in [0.05, 0.1) is 12.5 Å². The molecule has 2 amide bonds. The van der Waals surface area contributed by atoms with E-state index in [1.54, 1.807) is 0 Å². The fourth-order valence-electron chi connectivity index (χ4n) is 3.51. The van der Waals surface area contributed by atoms with Gasteiger partial charge in [-0.1, -0.05) is 45.9 Å². The fraction of sp³-hybridized carbons (Fsp3) is 0.600. The van der Waals surface area contributed by atoms with Crippen LogP contribution in [0.2, 0.25) is 0 Å². The van der Waals surface area contributed by atoms with Crippen molar-refractivity contribution < 1.29 is 9.59 Å². The lowest BCUT2D eigenvalue weighted by Crippen LogP contribution is -2.44. The van der Waals surface area contributed by atoms with Crippen molar-refractivity contribution in [1.82, 2.24) is 4.90 Å². The molecule has 0 radical (unpaired) electrons. The fourth-order valence-corrected chi connectivity index (χ4v) is 3.51. The van der Waals surface area contributed by atoms with Crippen LogP contribution in [-0.2, 0) is 9.59 Å². The first-order valence-electron chi connectivity index (χ1n) is 9.24. The lowest BCUT2D eigenvalue weighted by molar-refractivity contribution is -0.125. The third-order valence-corrected chi connectivity index (χ3v) is 4.91. The number of hydrogen-bond donors (Lipinski definition) is 2. The summed E-state index contributed by atoms with van der Waals surface area (Å²) in [5.74, 6) is 0.236. The predicted octanol–water partition coefficient (Wildman–Crippen LogP) is 3.07. The Kier molecular flexibility index (Phi) is 6.59. The van der Waals surface area contributed by atoms with Gasteiger partial charge in [-0.25, -0.2) is 0 Å². The van der Waals surface area contributed by atoms with Crippen LogP contribution >= 0.6 is 0 Å². The van der Waals surface area contributed by atoms with Crippen LogP contribution in [-0.4, -0.2) is 36.3 Å². The van der Waals surface area contributed by atoms with E-state index < -0.39 is 0 Å². The van der Waals surface area contributed by atoms with Crippen LogP contribution in [0.25, 0.3) is 0 Å². The number of primary amides is 1. The average Bonchev–Trinajstić information content (AvgIpc) is 2.54. The molecule has 1 aromatic carbocycles. The average molecular weight is 345 g/mol. The Hall–Kier alpha value is -1.88. The Labute approximate surface area is 151 Å². The van der Waals surface area contributed by atoms with Gasteiger partial charge in [0.15, 0.2) is 0 Å². The molecule has 0 aromatic heterocycles. The molecule has 1 aromatic rings. The summed E-state index contributed by atoms with van der Waals surface area (Å²) in [6.45, 7) is 10.3. The van der Waals surface area contributed by atoms with E-state index in [0.29, 0.717) is 24.9 Å². The molecular weight excluding hydrogens is 314 g/mol. The first-order valence-corrected chi connectivity index (χ1v) is 9.24. The predicted molar refractivity (Wildman–Crippen MR) is 102 cm³/mol. The largest absolute Gasteiger partial charge is 0.369 e. The quantitative estimate of drug-likeness (QED) is 0.832. The van der Waals surface area contributed by atoms with Crippen LogP contribution in [0.3, 0.4) is 0 Å². The highest BCUT2D eigenvalue weighted by molar-refractivity contribution is 5.94. The molecule has 0 unspecified atom stereocenters. The number of piperidine rings is 1. The van der Waals surface area contributed by atoms with E-state index in [1.165, 1.54) is 0 Å². The molecule has 0 bridgehead atoms. The lowest BCUT2D eigenvalue weighted by atomic mass is 9.92. The SMILES string of the molecule is CC(C)c1cccc(C(C)C)c1NC(=O)CN1CCC[C@@H](C(N)=O)C1. The van der Waals surface area contributed by atoms with Gasteiger partial charge >= 0.3 is 0 Å². The monoisotopic (exact) mass is 345 g/mol. The highest BCUT2D eigenvalue weighted by Crippen LogP contribution is 2.32. The van der Waals surface area contributed by atoms with Crippen molar-refractivity contribution in [2.75, 3.05) is 25.0 Å². The molecule has 1 atom stereocenters. The Bertz CT molecular complexity index is 599. The summed E-state index contributed by atoms with van der Waals surface area (Å²) in [5.41, 5.74) is 8.69. The molecule has 0 aliphatic carbocycles. The van der Waals surface area contributed by atoms with Gasteiger partial charge in [-0.3, -0.25) is 14.5 Å². The van der Waals surface area contributed by atoms with Crippen LogP contribution in [0.4, 0.5) is 5.69 Å². The number of hydrogen-bond acceptors (Lipinski definition) is 3. The number of benzene rings is 1. The standard InChI is InChI=1S/C20H31N3O2/c1-13(2)16-8-5-9-17(14(3)4)19(16)22-18(24)12-23-10-6-7-15(11-23)20(21)25/h5,8-9,13-15H,6-7,10-12H2,1-4H3,(H2,21,25)(H,22,24)/t15-/m1/s1. The van der Waals surface area contributed by atoms with E-state index in [4.69, 9.17) is 5.73 Å². The van der Waals surface area contributed by atoms with Crippen molar-refractivity contribution >= 4 is 17.5 Å². The van der Waals surface area contributed by atoms with E-state index in [2.05, 4.69) is 51.2 Å². The number of likely N-dealkylation sites (tertiary alicyclic amines) is 1. The molecule has 5 heteroatoms. The normalized spacial score (nSPS) is 18.6. The van der Waals surface area contributed by atoms with Gasteiger partial charge in [0.2, 0.25) is 11.8 Å². The van der Waals surface area contributed by atoms with Gasteiger partial charge in [-0.05, 0) is 42.3 Å². The van der Waals surface area contributed by atoms with E-state index in [9.17, 15) is 9.59 Å². The Morgan fingerprint density at radius 2 is 1.80 bits per heavy atom. The van der Waals surface area contributed by atoms with Gasteiger partial charge in [-0.15, -0.1) is 0 Å². The number of carbonyl (C=O) groups is 2. The summed E-state index contributed by atoms with van der Waals surface area (Å²) >= 11 is 0. The van der Waals surface area contributed by atoms with Crippen molar-refractivity contribution in [3.8, 4) is 0 Å². The second-order valence-corrected chi connectivity index (χ2v) is 7.65. The van der Waals surface area contributed by atoms with Gasteiger partial charge in [0.25, 0.3) is 0 Å². The minimum Gasteiger partial charge on any atom is -0.369 e. The van der Waals surface area contributed by atoms with Crippen molar-refractivity contribution in [3.05, 3.63) is 29.3 Å². The number of nitrogens with one attached hydrogen (secondary N) is 1. The molecule has 1 aliphatic heterocycles. The van der Waals surface area contributed by atoms with Crippen molar-refractivity contribution in [2.45, 2.75) is 52.4 Å². The van der Waals surface area contributed by atoms with Gasteiger partial charge in [-0.2, -0.15) is 0 Å². The third-order valence-electron chi connectivity index (χ3n) is 4.91. The number of para-hydroxylation sites is 1. The summed E-state index contributed by atoms with van der Waals surface area (Å²) in [6, 6.07) is 6.22. The first-order chi connectivity index (χ1) is 11.8. The van der Waals surface area contributed by atoms with E-state index in [0.717, 1.165) is 36.2 Å². The summed E-state index contributed by atoms with van der Waals surface area (Å²) in [5, 5.41) is 3.14. The van der Waals surface area contributed by atoms with Crippen LogP contribution in [0.5, 0.6) is 0 Å². The number of nitrogens with two attached hydrogens (primary N) is 1. The Morgan fingerprint density at radius 1 is 1.20 bits per heavy atom. The first kappa shape index (κ1) is 19.4. The van der Waals surface area contributed by atoms with E-state index in [1.807, 2.05) is 4.90 Å². The second kappa shape index (κ2) is 8.48. The molecule has 1 saturated heterocycles. The molecular formula is C20H31N3O2. The molecule has 5 nitrogen and oxygen atoms in total. The number of amides is 2. The zero-order valence-electron chi connectivity index (χ0n) is 15.8. The van der Waals surface area contributed by atoms with Crippen LogP contribution in [0, 0.1) is 5.92 Å². The van der Waals surface area contributed by atoms with Crippen LogP contribution in [0.1, 0.15) is 63.5 Å². The van der Waals surface area contributed by atoms with Crippen molar-refractivity contribution in [1.29, 1.82) is 0 Å². The van der Waals surface area contributed by atoms with Gasteiger partial charge in [0.1, 0.15) is 0 Å². The zero-order valence-corrected chi connectivity index (χ0v) is 15.8. The molecule has 0 spiro atoms. The molecule has 1 fully saturated rings. The minimum atomic E-state index is -0.266. The molecule has 25 heavy (non-hydrogen) atoms. The lowest BCUT2D eigenvalue weighted by Gasteiger charge is -2.30. The molecule has 138 valence electrons.